The second-order valence-electron chi connectivity index (χ2n) is 6.41. The fourth-order valence-electron chi connectivity index (χ4n) is 3.19. The number of amides is 1. The second-order valence-corrected chi connectivity index (χ2v) is 8.18. The second kappa shape index (κ2) is 7.17. The molecule has 1 N–H and O–H groups in total. The summed E-state index contributed by atoms with van der Waals surface area (Å²) < 4.78 is 40.6. The molecule has 5 nitrogen and oxygen atoms in total. The number of carbonyl (C=O) groups excluding carboxylic acids is 1. The summed E-state index contributed by atoms with van der Waals surface area (Å²) in [5, 5.41) is 0. The number of hydrogen-bond acceptors (Lipinski definition) is 3. The molecule has 1 atom stereocenters. The number of carbonyl (C=O) groups is 1. The lowest BCUT2D eigenvalue weighted by Gasteiger charge is -2.22. The molecule has 1 aliphatic heterocycles. The van der Waals surface area contributed by atoms with Crippen molar-refractivity contribution in [2.24, 2.45) is 0 Å². The maximum absolute atomic E-state index is 12.9. The van der Waals surface area contributed by atoms with Crippen LogP contribution in [0.1, 0.15) is 31.4 Å². The van der Waals surface area contributed by atoms with Crippen LogP contribution < -0.4 is 9.62 Å². The highest BCUT2D eigenvalue weighted by Gasteiger charge is 2.31. The largest absolute Gasteiger partial charge is 0.309 e. The van der Waals surface area contributed by atoms with Crippen LogP contribution in [-0.4, -0.2) is 20.4 Å². The number of benzene rings is 2. The van der Waals surface area contributed by atoms with Gasteiger partial charge in [0.15, 0.2) is 0 Å². The number of nitrogens with one attached hydrogen (secondary N) is 1. The molecule has 3 rings (SSSR count). The molecule has 0 saturated carbocycles. The number of halogens is 1. The summed E-state index contributed by atoms with van der Waals surface area (Å²) in [5.41, 5.74) is 2.30. The summed E-state index contributed by atoms with van der Waals surface area (Å²) in [7, 11) is -3.70. The van der Waals surface area contributed by atoms with Gasteiger partial charge in [0.1, 0.15) is 5.82 Å². The van der Waals surface area contributed by atoms with E-state index in [9.17, 15) is 17.6 Å². The van der Waals surface area contributed by atoms with Gasteiger partial charge in [-0.3, -0.25) is 4.79 Å². The van der Waals surface area contributed by atoms with Gasteiger partial charge < -0.3 is 4.90 Å². The molecule has 0 spiro atoms. The first-order chi connectivity index (χ1) is 12.3. The minimum absolute atomic E-state index is 0.0163. The molecule has 0 aromatic heterocycles. The van der Waals surface area contributed by atoms with E-state index >= 15 is 0 Å². The van der Waals surface area contributed by atoms with Crippen LogP contribution in [0.5, 0.6) is 0 Å². The number of hydrogen-bond donors (Lipinski definition) is 1. The van der Waals surface area contributed by atoms with Crippen molar-refractivity contribution < 1.29 is 17.6 Å². The first-order valence-electron chi connectivity index (χ1n) is 8.51. The lowest BCUT2D eigenvalue weighted by atomic mass is 10.1. The molecule has 1 amide bonds. The van der Waals surface area contributed by atoms with Crippen LogP contribution in [0, 0.1) is 5.82 Å². The zero-order valence-corrected chi connectivity index (χ0v) is 15.5. The molecule has 26 heavy (non-hydrogen) atoms. The fraction of sp³-hybridized carbons (Fsp3) is 0.316. The number of anilines is 1. The third kappa shape index (κ3) is 3.64. The van der Waals surface area contributed by atoms with Gasteiger partial charge >= 0.3 is 0 Å². The third-order valence-electron chi connectivity index (χ3n) is 4.53. The van der Waals surface area contributed by atoms with Crippen LogP contribution in [0.2, 0.25) is 0 Å². The van der Waals surface area contributed by atoms with E-state index < -0.39 is 10.0 Å². The van der Waals surface area contributed by atoms with Gasteiger partial charge in [-0.2, -0.15) is 0 Å². The quantitative estimate of drug-likeness (QED) is 0.872. The predicted octanol–water partition coefficient (Wildman–Crippen LogP) is 2.99. The van der Waals surface area contributed by atoms with Crippen molar-refractivity contribution in [1.29, 1.82) is 0 Å². The third-order valence-corrected chi connectivity index (χ3v) is 5.93. The van der Waals surface area contributed by atoms with Crippen LogP contribution in [-0.2, 0) is 27.8 Å². The van der Waals surface area contributed by atoms with E-state index in [0.717, 1.165) is 11.3 Å². The SMILES string of the molecule is CCC(=O)N1c2ccc(S(=O)(=O)NCc3ccc(F)cc3)cc2C[C@H]1C. The summed E-state index contributed by atoms with van der Waals surface area (Å²) in [6.45, 7) is 3.84. The number of sulfonamides is 1. The van der Waals surface area contributed by atoms with Crippen molar-refractivity contribution >= 4 is 21.6 Å². The summed E-state index contributed by atoms with van der Waals surface area (Å²) >= 11 is 0. The van der Waals surface area contributed by atoms with Crippen molar-refractivity contribution in [1.82, 2.24) is 4.72 Å². The molecule has 138 valence electrons. The molecule has 7 heteroatoms. The Kier molecular flexibility index (Phi) is 5.11. The van der Waals surface area contributed by atoms with Crippen LogP contribution in [0.3, 0.4) is 0 Å². The number of rotatable bonds is 5. The molecule has 0 fully saturated rings. The average molecular weight is 376 g/mol. The number of nitrogens with zero attached hydrogens (tertiary/aromatic N) is 1. The monoisotopic (exact) mass is 376 g/mol. The summed E-state index contributed by atoms with van der Waals surface area (Å²) in [4.78, 5) is 14.0. The van der Waals surface area contributed by atoms with E-state index in [4.69, 9.17) is 0 Å². The average Bonchev–Trinajstić information content (AvgIpc) is 2.95. The molecule has 0 saturated heterocycles. The Bertz CT molecular complexity index is 926. The number of fused-ring (bicyclic) bond motifs is 1. The van der Waals surface area contributed by atoms with Crippen LogP contribution in [0.15, 0.2) is 47.4 Å². The van der Waals surface area contributed by atoms with Gasteiger partial charge in [-0.1, -0.05) is 19.1 Å². The highest BCUT2D eigenvalue weighted by Crippen LogP contribution is 2.34. The topological polar surface area (TPSA) is 66.5 Å². The van der Waals surface area contributed by atoms with Crippen molar-refractivity contribution in [3.05, 3.63) is 59.4 Å². The first-order valence-corrected chi connectivity index (χ1v) is 9.99. The minimum atomic E-state index is -3.70. The predicted molar refractivity (Wildman–Crippen MR) is 97.8 cm³/mol. The zero-order chi connectivity index (χ0) is 18.9. The van der Waals surface area contributed by atoms with E-state index in [1.807, 2.05) is 13.8 Å². The van der Waals surface area contributed by atoms with Crippen molar-refractivity contribution in [3.63, 3.8) is 0 Å². The van der Waals surface area contributed by atoms with Crippen LogP contribution in [0.25, 0.3) is 0 Å². The van der Waals surface area contributed by atoms with Crippen molar-refractivity contribution in [3.8, 4) is 0 Å². The summed E-state index contributed by atoms with van der Waals surface area (Å²) in [5.74, 6) is -0.336. The highest BCUT2D eigenvalue weighted by atomic mass is 32.2. The van der Waals surface area contributed by atoms with E-state index in [1.165, 1.54) is 30.3 Å². The van der Waals surface area contributed by atoms with Gasteiger partial charge in [0.2, 0.25) is 15.9 Å². The Labute approximate surface area is 152 Å². The zero-order valence-electron chi connectivity index (χ0n) is 14.7. The van der Waals surface area contributed by atoms with Gasteiger partial charge in [0.05, 0.1) is 4.90 Å². The van der Waals surface area contributed by atoms with E-state index in [1.54, 1.807) is 17.0 Å². The smallest absolute Gasteiger partial charge is 0.240 e. The summed E-state index contributed by atoms with van der Waals surface area (Å²) in [6.07, 6.45) is 1.03. The Morgan fingerprint density at radius 2 is 1.92 bits per heavy atom. The van der Waals surface area contributed by atoms with Crippen LogP contribution >= 0.6 is 0 Å². The molecule has 1 aliphatic rings. The minimum Gasteiger partial charge on any atom is -0.309 e. The van der Waals surface area contributed by atoms with Gasteiger partial charge in [0.25, 0.3) is 0 Å². The lowest BCUT2D eigenvalue weighted by molar-refractivity contribution is -0.118. The Hall–Kier alpha value is -2.25. The standard InChI is InChI=1S/C19H21FN2O3S/c1-3-19(23)22-13(2)10-15-11-17(8-9-18(15)22)26(24,25)21-12-14-4-6-16(20)7-5-14/h4-9,11,13,21H,3,10,12H2,1-2H3/t13-/m1/s1. The molecule has 1 heterocycles. The van der Waals surface area contributed by atoms with Gasteiger partial charge in [0, 0.05) is 24.7 Å². The van der Waals surface area contributed by atoms with E-state index in [2.05, 4.69) is 4.72 Å². The fourth-order valence-corrected chi connectivity index (χ4v) is 4.26. The Morgan fingerprint density at radius 1 is 1.23 bits per heavy atom. The maximum Gasteiger partial charge on any atom is 0.240 e. The van der Waals surface area contributed by atoms with E-state index in [0.29, 0.717) is 18.4 Å². The van der Waals surface area contributed by atoms with Gasteiger partial charge in [-0.05, 0) is 54.8 Å². The van der Waals surface area contributed by atoms with Crippen molar-refractivity contribution in [2.45, 2.75) is 44.2 Å². The molecule has 0 unspecified atom stereocenters. The Balaban J connectivity index is 1.80. The Morgan fingerprint density at radius 3 is 2.58 bits per heavy atom. The lowest BCUT2D eigenvalue weighted by Crippen LogP contribution is -2.35. The molecular weight excluding hydrogens is 355 g/mol. The van der Waals surface area contributed by atoms with Crippen molar-refractivity contribution in [2.75, 3.05) is 4.90 Å². The molecule has 0 aliphatic carbocycles. The van der Waals surface area contributed by atoms with Crippen LogP contribution in [0.4, 0.5) is 10.1 Å². The normalized spacial score (nSPS) is 16.6. The highest BCUT2D eigenvalue weighted by molar-refractivity contribution is 7.89. The molecule has 2 aromatic rings. The van der Waals surface area contributed by atoms with Gasteiger partial charge in [-0.15, -0.1) is 0 Å². The molecule has 2 aromatic carbocycles. The molecule has 0 radical (unpaired) electrons. The van der Waals surface area contributed by atoms with E-state index in [-0.39, 0.29) is 29.2 Å². The first kappa shape index (κ1) is 18.5. The van der Waals surface area contributed by atoms with Gasteiger partial charge in [-0.25, -0.2) is 17.5 Å². The summed E-state index contributed by atoms with van der Waals surface area (Å²) in [6, 6.07) is 10.5. The molecular formula is C19H21FN2O3S. The maximum atomic E-state index is 12.9. The molecule has 0 bridgehead atoms.